The van der Waals surface area contributed by atoms with E-state index < -0.39 is 12.1 Å². The van der Waals surface area contributed by atoms with Crippen LogP contribution in [0.4, 0.5) is 18.9 Å². The van der Waals surface area contributed by atoms with Gasteiger partial charge in [0.05, 0.1) is 5.69 Å². The maximum absolute atomic E-state index is 12.6. The number of carbonyl (C=O) groups is 1. The number of para-hydroxylation sites is 1. The van der Waals surface area contributed by atoms with Crippen molar-refractivity contribution in [3.63, 3.8) is 0 Å². The summed E-state index contributed by atoms with van der Waals surface area (Å²) in [5.41, 5.74) is 0.684. The standard InChI is InChI=1S/C15H12F3NO2/c16-15(17,18)14(20)19(13-9-5-2-6-10-13)21-11-12-7-3-1-4-8-12/h1-10H,11H2. The van der Waals surface area contributed by atoms with Gasteiger partial charge >= 0.3 is 12.1 Å². The first-order chi connectivity index (χ1) is 9.98. The molecule has 0 N–H and O–H groups in total. The molecule has 0 heterocycles. The minimum atomic E-state index is -5.01. The van der Waals surface area contributed by atoms with Crippen molar-refractivity contribution in [3.8, 4) is 0 Å². The lowest BCUT2D eigenvalue weighted by atomic mass is 10.2. The average Bonchev–Trinajstić information content (AvgIpc) is 2.48. The van der Waals surface area contributed by atoms with Gasteiger partial charge in [-0.05, 0) is 17.7 Å². The quantitative estimate of drug-likeness (QED) is 0.805. The van der Waals surface area contributed by atoms with Crippen LogP contribution in [0.1, 0.15) is 5.56 Å². The van der Waals surface area contributed by atoms with Crippen LogP contribution in [-0.2, 0) is 16.2 Å². The molecule has 3 nitrogen and oxygen atoms in total. The minimum Gasteiger partial charge on any atom is -0.262 e. The zero-order valence-corrected chi connectivity index (χ0v) is 10.9. The van der Waals surface area contributed by atoms with E-state index in [1.165, 1.54) is 24.3 Å². The van der Waals surface area contributed by atoms with Crippen molar-refractivity contribution >= 4 is 11.6 Å². The molecule has 2 aromatic carbocycles. The highest BCUT2D eigenvalue weighted by molar-refractivity contribution is 5.95. The Bertz CT molecular complexity index is 585. The van der Waals surface area contributed by atoms with Crippen molar-refractivity contribution in [3.05, 3.63) is 66.2 Å². The summed E-state index contributed by atoms with van der Waals surface area (Å²) in [5.74, 6) is -2.07. The van der Waals surface area contributed by atoms with Crippen LogP contribution in [0.15, 0.2) is 60.7 Å². The molecule has 21 heavy (non-hydrogen) atoms. The normalized spacial score (nSPS) is 11.2. The number of hydroxylamine groups is 1. The fraction of sp³-hybridized carbons (Fsp3) is 0.133. The Morgan fingerprint density at radius 1 is 0.952 bits per heavy atom. The van der Waals surface area contributed by atoms with Crippen molar-refractivity contribution in [2.24, 2.45) is 0 Å². The Morgan fingerprint density at radius 3 is 2.00 bits per heavy atom. The number of hydrogen-bond acceptors (Lipinski definition) is 2. The number of anilines is 1. The lowest BCUT2D eigenvalue weighted by molar-refractivity contribution is -0.178. The highest BCUT2D eigenvalue weighted by Crippen LogP contribution is 2.24. The van der Waals surface area contributed by atoms with Crippen LogP contribution < -0.4 is 5.06 Å². The van der Waals surface area contributed by atoms with Crippen LogP contribution in [0, 0.1) is 0 Å². The number of amides is 1. The third kappa shape index (κ3) is 4.06. The van der Waals surface area contributed by atoms with Gasteiger partial charge in [0.2, 0.25) is 0 Å². The Morgan fingerprint density at radius 2 is 1.48 bits per heavy atom. The molecular weight excluding hydrogens is 283 g/mol. The van der Waals surface area contributed by atoms with Crippen molar-refractivity contribution in [2.75, 3.05) is 5.06 Å². The number of carbonyl (C=O) groups excluding carboxylic acids is 1. The molecule has 0 saturated heterocycles. The molecule has 0 aliphatic rings. The Balaban J connectivity index is 2.19. The summed E-state index contributed by atoms with van der Waals surface area (Å²) < 4.78 is 37.9. The van der Waals surface area contributed by atoms with Gasteiger partial charge in [-0.2, -0.15) is 18.2 Å². The predicted molar refractivity (Wildman–Crippen MR) is 71.2 cm³/mol. The Labute approximate surface area is 119 Å². The summed E-state index contributed by atoms with van der Waals surface area (Å²) >= 11 is 0. The minimum absolute atomic E-state index is 0.0238. The second-order valence-corrected chi connectivity index (χ2v) is 4.19. The summed E-state index contributed by atoms with van der Waals surface area (Å²) in [6.07, 6.45) is -5.01. The van der Waals surface area contributed by atoms with Crippen LogP contribution in [-0.4, -0.2) is 12.1 Å². The number of nitrogens with zero attached hydrogens (tertiary/aromatic N) is 1. The van der Waals surface area contributed by atoms with Gasteiger partial charge in [-0.3, -0.25) is 9.63 Å². The van der Waals surface area contributed by atoms with Gasteiger partial charge < -0.3 is 0 Å². The van der Waals surface area contributed by atoms with Gasteiger partial charge in [-0.25, -0.2) is 0 Å². The number of benzene rings is 2. The SMILES string of the molecule is O=C(N(OCc1ccccc1)c1ccccc1)C(F)(F)F. The summed E-state index contributed by atoms with van der Waals surface area (Å²) in [6.45, 7) is -0.141. The Hall–Kier alpha value is -2.34. The summed E-state index contributed by atoms with van der Waals surface area (Å²) in [7, 11) is 0. The van der Waals surface area contributed by atoms with Crippen LogP contribution in [0.25, 0.3) is 0 Å². The maximum Gasteiger partial charge on any atom is 0.473 e. The number of hydrogen-bond donors (Lipinski definition) is 0. The molecule has 0 atom stereocenters. The lowest BCUT2D eigenvalue weighted by Crippen LogP contribution is -2.41. The Kier molecular flexibility index (Phi) is 4.59. The zero-order valence-electron chi connectivity index (χ0n) is 10.9. The van der Waals surface area contributed by atoms with E-state index in [2.05, 4.69) is 0 Å². The summed E-state index contributed by atoms with van der Waals surface area (Å²) in [6, 6.07) is 16.1. The second kappa shape index (κ2) is 6.41. The molecule has 0 bridgehead atoms. The van der Waals surface area contributed by atoms with Crippen molar-refractivity contribution in [2.45, 2.75) is 12.8 Å². The van der Waals surface area contributed by atoms with Crippen LogP contribution in [0.3, 0.4) is 0 Å². The van der Waals surface area contributed by atoms with Gasteiger partial charge in [0, 0.05) is 0 Å². The highest BCUT2D eigenvalue weighted by atomic mass is 19.4. The fourth-order valence-electron chi connectivity index (χ4n) is 1.64. The lowest BCUT2D eigenvalue weighted by Gasteiger charge is -2.22. The monoisotopic (exact) mass is 295 g/mol. The molecule has 0 aliphatic carbocycles. The van der Waals surface area contributed by atoms with E-state index in [1.54, 1.807) is 36.4 Å². The second-order valence-electron chi connectivity index (χ2n) is 4.19. The van der Waals surface area contributed by atoms with E-state index in [0.29, 0.717) is 5.56 Å². The molecule has 0 fully saturated rings. The van der Waals surface area contributed by atoms with Crippen molar-refractivity contribution in [1.82, 2.24) is 0 Å². The zero-order chi connectivity index (χ0) is 15.3. The van der Waals surface area contributed by atoms with Crippen molar-refractivity contribution in [1.29, 1.82) is 0 Å². The van der Waals surface area contributed by atoms with E-state index in [4.69, 9.17) is 4.84 Å². The molecule has 0 aromatic heterocycles. The third-order valence-corrected chi connectivity index (χ3v) is 2.62. The molecule has 0 unspecified atom stereocenters. The maximum atomic E-state index is 12.6. The van der Waals surface area contributed by atoms with E-state index >= 15 is 0 Å². The largest absolute Gasteiger partial charge is 0.473 e. The molecule has 0 radical (unpaired) electrons. The van der Waals surface area contributed by atoms with Gasteiger partial charge in [0.25, 0.3) is 0 Å². The number of alkyl halides is 3. The predicted octanol–water partition coefficient (Wildman–Crippen LogP) is 3.71. The van der Waals surface area contributed by atoms with Crippen LogP contribution in [0.5, 0.6) is 0 Å². The van der Waals surface area contributed by atoms with Gasteiger partial charge in [0.15, 0.2) is 0 Å². The first kappa shape index (κ1) is 15.1. The van der Waals surface area contributed by atoms with Crippen molar-refractivity contribution < 1.29 is 22.8 Å². The average molecular weight is 295 g/mol. The molecular formula is C15H12F3NO2. The van der Waals surface area contributed by atoms with Gasteiger partial charge in [-0.1, -0.05) is 48.5 Å². The van der Waals surface area contributed by atoms with Crippen LogP contribution >= 0.6 is 0 Å². The highest BCUT2D eigenvalue weighted by Gasteiger charge is 2.44. The van der Waals surface area contributed by atoms with E-state index in [0.717, 1.165) is 0 Å². The first-order valence-corrected chi connectivity index (χ1v) is 6.11. The molecule has 1 amide bonds. The van der Waals surface area contributed by atoms with E-state index in [-0.39, 0.29) is 17.4 Å². The molecule has 0 aliphatic heterocycles. The fourth-order valence-corrected chi connectivity index (χ4v) is 1.64. The summed E-state index contributed by atoms with van der Waals surface area (Å²) in [4.78, 5) is 16.5. The third-order valence-electron chi connectivity index (χ3n) is 2.62. The first-order valence-electron chi connectivity index (χ1n) is 6.11. The van der Waals surface area contributed by atoms with E-state index in [1.807, 2.05) is 0 Å². The molecule has 0 spiro atoms. The molecule has 2 aromatic rings. The number of rotatable bonds is 4. The molecule has 2 rings (SSSR count). The molecule has 6 heteroatoms. The molecule has 0 saturated carbocycles. The molecule has 110 valence electrons. The summed E-state index contributed by atoms with van der Waals surface area (Å²) in [5, 5.41) is 0.271. The smallest absolute Gasteiger partial charge is 0.262 e. The van der Waals surface area contributed by atoms with E-state index in [9.17, 15) is 18.0 Å². The van der Waals surface area contributed by atoms with Gasteiger partial charge in [-0.15, -0.1) is 0 Å². The van der Waals surface area contributed by atoms with Crippen LogP contribution in [0.2, 0.25) is 0 Å². The van der Waals surface area contributed by atoms with Gasteiger partial charge in [0.1, 0.15) is 6.61 Å². The number of halogens is 3. The topological polar surface area (TPSA) is 29.5 Å².